The van der Waals surface area contributed by atoms with Crippen LogP contribution in [0.15, 0.2) is 0 Å². The maximum Gasteiger partial charge on any atom is 0.305 e. The molecule has 2 saturated heterocycles. The number of amides is 1. The Bertz CT molecular complexity index is 337. The zero-order valence-corrected chi connectivity index (χ0v) is 11.4. The number of carbonyl (C=O) groups excluding carboxylic acids is 1. The molecule has 5 nitrogen and oxygen atoms in total. The van der Waals surface area contributed by atoms with E-state index < -0.39 is 5.97 Å². The predicted octanol–water partition coefficient (Wildman–Crippen LogP) is 0.261. The van der Waals surface area contributed by atoms with Crippen LogP contribution in [-0.4, -0.2) is 59.1 Å². The number of nitrogens with zero attached hydrogens (tertiary/aromatic N) is 1. The average molecular weight is 272 g/mol. The minimum absolute atomic E-state index is 0.0180. The third-order valence-corrected chi connectivity index (χ3v) is 4.85. The van der Waals surface area contributed by atoms with Gasteiger partial charge in [-0.2, -0.15) is 11.8 Å². The Morgan fingerprint density at radius 2 is 2.22 bits per heavy atom. The molecule has 2 fully saturated rings. The SMILES string of the molecule is C[C@@H]1CNC[C@H]1C(=O)N1CCSCC1CC(=O)O. The van der Waals surface area contributed by atoms with Gasteiger partial charge in [0.05, 0.1) is 18.4 Å². The number of carboxylic acid groups (broad SMARTS) is 1. The second-order valence-electron chi connectivity index (χ2n) is 5.10. The summed E-state index contributed by atoms with van der Waals surface area (Å²) in [6.07, 6.45) is 0.0628. The van der Waals surface area contributed by atoms with E-state index in [4.69, 9.17) is 5.11 Å². The Hall–Kier alpha value is -0.750. The van der Waals surface area contributed by atoms with Crippen LogP contribution in [0, 0.1) is 11.8 Å². The van der Waals surface area contributed by atoms with E-state index in [0.29, 0.717) is 12.5 Å². The van der Waals surface area contributed by atoms with E-state index in [2.05, 4.69) is 12.2 Å². The highest BCUT2D eigenvalue weighted by atomic mass is 32.2. The highest BCUT2D eigenvalue weighted by molar-refractivity contribution is 7.99. The van der Waals surface area contributed by atoms with E-state index in [1.54, 1.807) is 16.7 Å². The van der Waals surface area contributed by atoms with Crippen LogP contribution in [0.25, 0.3) is 0 Å². The maximum atomic E-state index is 12.5. The van der Waals surface area contributed by atoms with Gasteiger partial charge in [0.25, 0.3) is 0 Å². The fraction of sp³-hybridized carbons (Fsp3) is 0.833. The molecule has 0 radical (unpaired) electrons. The summed E-state index contributed by atoms with van der Waals surface area (Å²) in [5, 5.41) is 12.2. The van der Waals surface area contributed by atoms with Crippen molar-refractivity contribution in [3.05, 3.63) is 0 Å². The van der Waals surface area contributed by atoms with Crippen molar-refractivity contribution in [1.29, 1.82) is 0 Å². The highest BCUT2D eigenvalue weighted by Gasteiger charge is 2.37. The molecular formula is C12H20N2O3S. The van der Waals surface area contributed by atoms with Crippen molar-refractivity contribution in [2.24, 2.45) is 11.8 Å². The molecule has 2 aliphatic rings. The van der Waals surface area contributed by atoms with Gasteiger partial charge >= 0.3 is 5.97 Å². The van der Waals surface area contributed by atoms with Gasteiger partial charge in [0.2, 0.25) is 5.91 Å². The van der Waals surface area contributed by atoms with Crippen LogP contribution in [0.3, 0.4) is 0 Å². The van der Waals surface area contributed by atoms with Gasteiger partial charge in [0.1, 0.15) is 0 Å². The second kappa shape index (κ2) is 5.93. The minimum Gasteiger partial charge on any atom is -0.481 e. The molecule has 1 amide bonds. The molecule has 0 spiro atoms. The standard InChI is InChI=1S/C12H20N2O3S/c1-8-5-13-6-10(8)12(17)14-2-3-18-7-9(14)4-11(15)16/h8-10,13H,2-7H2,1H3,(H,15,16)/t8-,9?,10-/m1/s1. The molecule has 6 heteroatoms. The van der Waals surface area contributed by atoms with Crippen LogP contribution < -0.4 is 5.32 Å². The summed E-state index contributed by atoms with van der Waals surface area (Å²) in [4.78, 5) is 25.2. The van der Waals surface area contributed by atoms with E-state index in [0.717, 1.165) is 24.6 Å². The molecule has 0 bridgehead atoms. The smallest absolute Gasteiger partial charge is 0.305 e. The lowest BCUT2D eigenvalue weighted by Gasteiger charge is -2.36. The van der Waals surface area contributed by atoms with E-state index in [1.807, 2.05) is 0 Å². The number of aliphatic carboxylic acids is 1. The predicted molar refractivity (Wildman–Crippen MR) is 70.6 cm³/mol. The summed E-state index contributed by atoms with van der Waals surface area (Å²) < 4.78 is 0. The van der Waals surface area contributed by atoms with Crippen molar-refractivity contribution in [3.63, 3.8) is 0 Å². The molecule has 3 atom stereocenters. The van der Waals surface area contributed by atoms with Crippen LogP contribution in [0.2, 0.25) is 0 Å². The molecule has 18 heavy (non-hydrogen) atoms. The molecule has 1 unspecified atom stereocenters. The van der Waals surface area contributed by atoms with Gasteiger partial charge in [0.15, 0.2) is 0 Å². The topological polar surface area (TPSA) is 69.6 Å². The molecule has 0 aromatic rings. The zero-order chi connectivity index (χ0) is 13.1. The van der Waals surface area contributed by atoms with Gasteiger partial charge in [-0.3, -0.25) is 9.59 Å². The lowest BCUT2D eigenvalue weighted by Crippen LogP contribution is -2.50. The first-order valence-electron chi connectivity index (χ1n) is 6.40. The normalized spacial score (nSPS) is 32.5. The fourth-order valence-corrected chi connectivity index (χ4v) is 3.73. The Morgan fingerprint density at radius 3 is 2.83 bits per heavy atom. The van der Waals surface area contributed by atoms with Gasteiger partial charge in [-0.1, -0.05) is 6.92 Å². The number of carboxylic acids is 1. The first-order chi connectivity index (χ1) is 8.59. The highest BCUT2D eigenvalue weighted by Crippen LogP contribution is 2.25. The van der Waals surface area contributed by atoms with Crippen LogP contribution in [0.1, 0.15) is 13.3 Å². The molecule has 2 N–H and O–H groups in total. The quantitative estimate of drug-likeness (QED) is 0.771. The molecule has 0 aromatic heterocycles. The van der Waals surface area contributed by atoms with Crippen LogP contribution >= 0.6 is 11.8 Å². The summed E-state index contributed by atoms with van der Waals surface area (Å²) in [7, 11) is 0. The van der Waals surface area contributed by atoms with Crippen LogP contribution in [0.4, 0.5) is 0 Å². The summed E-state index contributed by atoms with van der Waals surface area (Å²) in [5.74, 6) is 1.34. The molecule has 0 aromatic carbocycles. The third kappa shape index (κ3) is 2.98. The van der Waals surface area contributed by atoms with E-state index in [1.165, 1.54) is 0 Å². The van der Waals surface area contributed by atoms with Gasteiger partial charge in [0, 0.05) is 24.6 Å². The van der Waals surface area contributed by atoms with Gasteiger partial charge in [-0.05, 0) is 12.5 Å². The van der Waals surface area contributed by atoms with Crippen LogP contribution in [0.5, 0.6) is 0 Å². The van der Waals surface area contributed by atoms with Gasteiger partial charge in [-0.15, -0.1) is 0 Å². The molecule has 102 valence electrons. The van der Waals surface area contributed by atoms with Crippen molar-refractivity contribution in [2.75, 3.05) is 31.1 Å². The number of thioether (sulfide) groups is 1. The Kier molecular flexibility index (Phi) is 4.50. The first kappa shape index (κ1) is 13.7. The maximum absolute atomic E-state index is 12.5. The van der Waals surface area contributed by atoms with E-state index in [-0.39, 0.29) is 24.3 Å². The molecule has 2 heterocycles. The molecule has 0 saturated carbocycles. The number of hydrogen-bond acceptors (Lipinski definition) is 4. The van der Waals surface area contributed by atoms with Crippen molar-refractivity contribution in [1.82, 2.24) is 10.2 Å². The summed E-state index contributed by atoms with van der Waals surface area (Å²) >= 11 is 1.74. The van der Waals surface area contributed by atoms with Crippen molar-refractivity contribution in [3.8, 4) is 0 Å². The summed E-state index contributed by atoms with van der Waals surface area (Å²) in [6.45, 7) is 4.37. The number of hydrogen-bond donors (Lipinski definition) is 2. The van der Waals surface area contributed by atoms with Crippen molar-refractivity contribution in [2.45, 2.75) is 19.4 Å². The van der Waals surface area contributed by atoms with Crippen molar-refractivity contribution < 1.29 is 14.7 Å². The van der Waals surface area contributed by atoms with Gasteiger partial charge < -0.3 is 15.3 Å². The number of nitrogens with one attached hydrogen (secondary N) is 1. The van der Waals surface area contributed by atoms with E-state index in [9.17, 15) is 9.59 Å². The zero-order valence-electron chi connectivity index (χ0n) is 10.6. The third-order valence-electron chi connectivity index (χ3n) is 3.76. The Morgan fingerprint density at radius 1 is 1.44 bits per heavy atom. The molecule has 2 rings (SSSR count). The molecule has 0 aliphatic carbocycles. The summed E-state index contributed by atoms with van der Waals surface area (Å²) in [5.41, 5.74) is 0. The Balaban J connectivity index is 2.03. The lowest BCUT2D eigenvalue weighted by atomic mass is 9.95. The lowest BCUT2D eigenvalue weighted by molar-refractivity contribution is -0.142. The molecular weight excluding hydrogens is 252 g/mol. The largest absolute Gasteiger partial charge is 0.481 e. The Labute approximate surface area is 111 Å². The van der Waals surface area contributed by atoms with Gasteiger partial charge in [-0.25, -0.2) is 0 Å². The number of carbonyl (C=O) groups is 2. The average Bonchev–Trinajstić information content (AvgIpc) is 2.74. The van der Waals surface area contributed by atoms with E-state index >= 15 is 0 Å². The van der Waals surface area contributed by atoms with Crippen molar-refractivity contribution >= 4 is 23.6 Å². The number of rotatable bonds is 3. The first-order valence-corrected chi connectivity index (χ1v) is 7.55. The second-order valence-corrected chi connectivity index (χ2v) is 6.25. The molecule has 2 aliphatic heterocycles. The fourth-order valence-electron chi connectivity index (χ4n) is 2.67. The van der Waals surface area contributed by atoms with Crippen LogP contribution in [-0.2, 0) is 9.59 Å². The minimum atomic E-state index is -0.821. The monoisotopic (exact) mass is 272 g/mol. The summed E-state index contributed by atoms with van der Waals surface area (Å²) in [6, 6.07) is -0.137.